The zero-order valence-corrected chi connectivity index (χ0v) is 13.2. The van der Waals surface area contributed by atoms with Gasteiger partial charge in [-0.15, -0.1) is 11.3 Å². The summed E-state index contributed by atoms with van der Waals surface area (Å²) < 4.78 is 3.21. The average molecular weight is 330 g/mol. The number of aromatic nitrogens is 2. The number of hydrogen-bond acceptors (Lipinski definition) is 7. The molecule has 2 heterocycles. The molecule has 4 nitrogen and oxygen atoms in total. The fourth-order valence-electron chi connectivity index (χ4n) is 2.05. The van der Waals surface area contributed by atoms with Crippen LogP contribution in [0.5, 0.6) is 0 Å². The van der Waals surface area contributed by atoms with E-state index in [1.165, 1.54) is 11.3 Å². The molecule has 2 aromatic carbocycles. The van der Waals surface area contributed by atoms with E-state index in [2.05, 4.69) is 22.1 Å². The second-order valence-electron chi connectivity index (χ2n) is 4.49. The third-order valence-electron chi connectivity index (χ3n) is 2.97. The molecule has 4 aromatic rings. The summed E-state index contributed by atoms with van der Waals surface area (Å²) in [4.78, 5) is 10.0. The van der Waals surface area contributed by atoms with Crippen LogP contribution in [0.3, 0.4) is 0 Å². The highest BCUT2D eigenvalue weighted by Crippen LogP contribution is 2.36. The Morgan fingerprint density at radius 1 is 0.857 bits per heavy atom. The fourth-order valence-corrected chi connectivity index (χ4v) is 4.89. The lowest BCUT2D eigenvalue weighted by Gasteiger charge is -1.96. The fraction of sp³-hybridized carbons (Fsp3) is 0. The summed E-state index contributed by atoms with van der Waals surface area (Å²) in [5.74, 6) is 0. The molecule has 4 N–H and O–H groups in total. The van der Waals surface area contributed by atoms with Crippen LogP contribution < -0.4 is 11.5 Å². The van der Waals surface area contributed by atoms with Crippen LogP contribution in [-0.2, 0) is 0 Å². The van der Waals surface area contributed by atoms with Crippen LogP contribution in [-0.4, -0.2) is 9.97 Å². The Kier molecular flexibility index (Phi) is 2.99. The standard InChI is InChI=1S/C14H10N4S3/c15-7-1-3-9-12(5-7)21-14(18-9)19-8-2-4-11-10(6-8)17-13(16)20-11/h1-6H,15H2,(H2,16,17). The molecular weight excluding hydrogens is 320 g/mol. The molecule has 104 valence electrons. The van der Waals surface area contributed by atoms with Crippen LogP contribution in [0.15, 0.2) is 45.6 Å². The van der Waals surface area contributed by atoms with Crippen molar-refractivity contribution in [2.24, 2.45) is 0 Å². The number of anilines is 2. The van der Waals surface area contributed by atoms with Gasteiger partial charge in [-0.1, -0.05) is 23.1 Å². The molecule has 0 saturated carbocycles. The van der Waals surface area contributed by atoms with Gasteiger partial charge in [0.15, 0.2) is 9.47 Å². The summed E-state index contributed by atoms with van der Waals surface area (Å²) in [5.41, 5.74) is 14.2. The van der Waals surface area contributed by atoms with Crippen molar-refractivity contribution >= 4 is 65.7 Å². The molecule has 4 rings (SSSR count). The van der Waals surface area contributed by atoms with Gasteiger partial charge in [0.25, 0.3) is 0 Å². The molecule has 21 heavy (non-hydrogen) atoms. The molecule has 7 heteroatoms. The number of fused-ring (bicyclic) bond motifs is 2. The van der Waals surface area contributed by atoms with Crippen molar-refractivity contribution in [1.29, 1.82) is 0 Å². The SMILES string of the molecule is Nc1ccc2nc(Sc3ccc4sc(N)nc4c3)sc2c1. The normalized spacial score (nSPS) is 11.4. The van der Waals surface area contributed by atoms with E-state index in [0.29, 0.717) is 5.13 Å². The first-order chi connectivity index (χ1) is 10.2. The minimum absolute atomic E-state index is 0.600. The maximum Gasteiger partial charge on any atom is 0.181 e. The highest BCUT2D eigenvalue weighted by atomic mass is 32.2. The van der Waals surface area contributed by atoms with Gasteiger partial charge in [-0.3, -0.25) is 0 Å². The highest BCUT2D eigenvalue weighted by Gasteiger charge is 2.08. The molecule has 0 amide bonds. The first kappa shape index (κ1) is 12.9. The van der Waals surface area contributed by atoms with E-state index in [0.717, 1.165) is 35.4 Å². The van der Waals surface area contributed by atoms with Gasteiger partial charge in [-0.05, 0) is 36.4 Å². The van der Waals surface area contributed by atoms with E-state index in [1.54, 1.807) is 23.1 Å². The quantitative estimate of drug-likeness (QED) is 0.538. The molecule has 0 atom stereocenters. The van der Waals surface area contributed by atoms with E-state index in [4.69, 9.17) is 11.5 Å². The van der Waals surface area contributed by atoms with Gasteiger partial charge in [0, 0.05) is 10.6 Å². The van der Waals surface area contributed by atoms with Crippen LogP contribution >= 0.6 is 34.4 Å². The van der Waals surface area contributed by atoms with Gasteiger partial charge >= 0.3 is 0 Å². The van der Waals surface area contributed by atoms with Gasteiger partial charge in [0.1, 0.15) is 0 Å². The van der Waals surface area contributed by atoms with E-state index in [-0.39, 0.29) is 0 Å². The van der Waals surface area contributed by atoms with E-state index < -0.39 is 0 Å². The number of thiazole rings is 2. The molecular formula is C14H10N4S3. The predicted molar refractivity (Wildman–Crippen MR) is 92.2 cm³/mol. The lowest BCUT2D eigenvalue weighted by atomic mass is 10.3. The van der Waals surface area contributed by atoms with E-state index in [9.17, 15) is 0 Å². The third-order valence-corrected chi connectivity index (χ3v) is 5.91. The van der Waals surface area contributed by atoms with Crippen molar-refractivity contribution < 1.29 is 0 Å². The lowest BCUT2D eigenvalue weighted by Crippen LogP contribution is -1.81. The Morgan fingerprint density at radius 2 is 1.76 bits per heavy atom. The Bertz CT molecular complexity index is 957. The van der Waals surface area contributed by atoms with Gasteiger partial charge < -0.3 is 11.5 Å². The van der Waals surface area contributed by atoms with Crippen LogP contribution in [0.25, 0.3) is 20.4 Å². The lowest BCUT2D eigenvalue weighted by molar-refractivity contribution is 1.29. The molecule has 0 spiro atoms. The van der Waals surface area contributed by atoms with Crippen molar-refractivity contribution in [2.45, 2.75) is 9.24 Å². The van der Waals surface area contributed by atoms with Crippen LogP contribution in [0.4, 0.5) is 10.8 Å². The molecule has 2 aromatic heterocycles. The molecule has 0 bridgehead atoms. The van der Waals surface area contributed by atoms with E-state index in [1.807, 2.05) is 24.3 Å². The van der Waals surface area contributed by atoms with Gasteiger partial charge in [-0.25, -0.2) is 9.97 Å². The number of hydrogen-bond donors (Lipinski definition) is 2. The molecule has 0 saturated heterocycles. The summed E-state index contributed by atoms with van der Waals surface area (Å²) in [6.45, 7) is 0. The zero-order chi connectivity index (χ0) is 14.4. The maximum atomic E-state index is 5.80. The Hall–Kier alpha value is -1.83. The minimum Gasteiger partial charge on any atom is -0.399 e. The van der Waals surface area contributed by atoms with Gasteiger partial charge in [0.2, 0.25) is 0 Å². The third kappa shape index (κ3) is 2.44. The average Bonchev–Trinajstić information content (AvgIpc) is 2.99. The summed E-state index contributed by atoms with van der Waals surface area (Å²) in [5, 5.41) is 0.600. The smallest absolute Gasteiger partial charge is 0.181 e. The number of benzene rings is 2. The minimum atomic E-state index is 0.600. The van der Waals surface area contributed by atoms with E-state index >= 15 is 0 Å². The Morgan fingerprint density at radius 3 is 2.67 bits per heavy atom. The zero-order valence-electron chi connectivity index (χ0n) is 10.7. The summed E-state index contributed by atoms with van der Waals surface area (Å²) in [7, 11) is 0. The van der Waals surface area contributed by atoms with Crippen molar-refractivity contribution in [2.75, 3.05) is 11.5 Å². The monoisotopic (exact) mass is 330 g/mol. The van der Waals surface area contributed by atoms with Crippen molar-refractivity contribution in [1.82, 2.24) is 9.97 Å². The van der Waals surface area contributed by atoms with Gasteiger partial charge in [-0.2, -0.15) is 0 Å². The second-order valence-corrected chi connectivity index (χ2v) is 7.90. The first-order valence-electron chi connectivity index (χ1n) is 6.17. The molecule has 0 fully saturated rings. The Labute approximate surface area is 132 Å². The van der Waals surface area contributed by atoms with Gasteiger partial charge in [0.05, 0.1) is 20.4 Å². The second kappa shape index (κ2) is 4.87. The van der Waals surface area contributed by atoms with Crippen molar-refractivity contribution in [3.8, 4) is 0 Å². The van der Waals surface area contributed by atoms with Crippen molar-refractivity contribution in [3.63, 3.8) is 0 Å². The molecule has 0 aliphatic heterocycles. The first-order valence-corrected chi connectivity index (χ1v) is 8.62. The molecule has 0 unspecified atom stereocenters. The summed E-state index contributed by atoms with van der Waals surface area (Å²) in [6.07, 6.45) is 0. The molecule has 0 radical (unpaired) electrons. The number of nitrogen functional groups attached to an aromatic ring is 2. The summed E-state index contributed by atoms with van der Waals surface area (Å²) >= 11 is 4.78. The molecule has 0 aliphatic rings. The number of nitrogens with zero attached hydrogens (tertiary/aromatic N) is 2. The summed E-state index contributed by atoms with van der Waals surface area (Å²) in [6, 6.07) is 12.0. The highest BCUT2D eigenvalue weighted by molar-refractivity contribution is 8.01. The maximum absolute atomic E-state index is 5.80. The topological polar surface area (TPSA) is 77.8 Å². The largest absolute Gasteiger partial charge is 0.399 e. The predicted octanol–water partition coefficient (Wildman–Crippen LogP) is 4.22. The Balaban J connectivity index is 1.71. The molecule has 0 aliphatic carbocycles. The number of rotatable bonds is 2. The van der Waals surface area contributed by atoms with Crippen LogP contribution in [0.2, 0.25) is 0 Å². The van der Waals surface area contributed by atoms with Crippen LogP contribution in [0.1, 0.15) is 0 Å². The van der Waals surface area contributed by atoms with Crippen LogP contribution in [0, 0.1) is 0 Å². The number of nitrogens with two attached hydrogens (primary N) is 2. The van der Waals surface area contributed by atoms with Crippen molar-refractivity contribution in [3.05, 3.63) is 36.4 Å².